The van der Waals surface area contributed by atoms with E-state index in [1.165, 1.54) is 0 Å². The highest BCUT2D eigenvalue weighted by Gasteiger charge is 2.26. The summed E-state index contributed by atoms with van der Waals surface area (Å²) in [5.74, 6) is 0.0625. The van der Waals surface area contributed by atoms with Gasteiger partial charge >= 0.3 is 11.8 Å². The highest BCUT2D eigenvalue weighted by molar-refractivity contribution is 6.35. The molecule has 1 fully saturated rings. The lowest BCUT2D eigenvalue weighted by Crippen LogP contribution is -2.46. The van der Waals surface area contributed by atoms with Gasteiger partial charge in [-0.2, -0.15) is 0 Å². The van der Waals surface area contributed by atoms with Gasteiger partial charge in [-0.25, -0.2) is 0 Å². The molecule has 0 unspecified atom stereocenters. The summed E-state index contributed by atoms with van der Waals surface area (Å²) in [6, 6.07) is 9.22. The average Bonchev–Trinajstić information content (AvgIpc) is 3.27. The van der Waals surface area contributed by atoms with Crippen LogP contribution in [-0.4, -0.2) is 61.3 Å². The Bertz CT molecular complexity index is 886. The summed E-state index contributed by atoms with van der Waals surface area (Å²) in [5, 5.41) is 5.39. The molecule has 0 spiro atoms. The first-order valence-corrected chi connectivity index (χ1v) is 9.87. The molecule has 4 rings (SSSR count). The molecule has 1 atom stereocenters. The standard InChI is InChI=1S/C21H24N4O5/c26-20(23-12-15-3-5-22-6-4-15)21(27)24-13-17(25-7-9-28-10-8-25)16-1-2-18-19(11-16)30-14-29-18/h1-6,11,17H,7-10,12-14H2,(H,23,26)(H,24,27)/t17-/m1/s1. The van der Waals surface area contributed by atoms with E-state index in [-0.39, 0.29) is 19.4 Å². The number of hydrogen-bond acceptors (Lipinski definition) is 7. The largest absolute Gasteiger partial charge is 0.454 e. The fourth-order valence-corrected chi connectivity index (χ4v) is 3.50. The lowest BCUT2D eigenvalue weighted by Gasteiger charge is -2.34. The van der Waals surface area contributed by atoms with Crippen molar-refractivity contribution in [1.82, 2.24) is 20.5 Å². The summed E-state index contributed by atoms with van der Waals surface area (Å²) in [6.45, 7) is 3.50. The number of carbonyl (C=O) groups is 2. The molecule has 30 heavy (non-hydrogen) atoms. The lowest BCUT2D eigenvalue weighted by molar-refractivity contribution is -0.139. The van der Waals surface area contributed by atoms with E-state index in [9.17, 15) is 9.59 Å². The van der Waals surface area contributed by atoms with Gasteiger partial charge in [0.05, 0.1) is 19.3 Å². The minimum Gasteiger partial charge on any atom is -0.454 e. The number of morpholine rings is 1. The maximum atomic E-state index is 12.3. The molecule has 2 amide bonds. The molecule has 9 nitrogen and oxygen atoms in total. The van der Waals surface area contributed by atoms with E-state index in [2.05, 4.69) is 20.5 Å². The molecule has 2 N–H and O–H groups in total. The first-order chi connectivity index (χ1) is 14.7. The van der Waals surface area contributed by atoms with Crippen LogP contribution in [0.15, 0.2) is 42.7 Å². The quantitative estimate of drug-likeness (QED) is 0.671. The Kier molecular flexibility index (Phi) is 6.41. The number of fused-ring (bicyclic) bond motifs is 1. The second-order valence-electron chi connectivity index (χ2n) is 7.03. The second-order valence-corrected chi connectivity index (χ2v) is 7.03. The summed E-state index contributed by atoms with van der Waals surface area (Å²) in [6.07, 6.45) is 3.28. The third kappa shape index (κ3) is 4.87. The van der Waals surface area contributed by atoms with E-state index >= 15 is 0 Å². The number of ether oxygens (including phenoxy) is 3. The van der Waals surface area contributed by atoms with Crippen molar-refractivity contribution in [1.29, 1.82) is 0 Å². The Balaban J connectivity index is 1.39. The van der Waals surface area contributed by atoms with Crippen molar-refractivity contribution in [3.05, 3.63) is 53.9 Å². The van der Waals surface area contributed by atoms with Crippen LogP contribution < -0.4 is 20.1 Å². The van der Waals surface area contributed by atoms with Crippen LogP contribution in [0, 0.1) is 0 Å². The maximum absolute atomic E-state index is 12.3. The summed E-state index contributed by atoms with van der Waals surface area (Å²) < 4.78 is 16.3. The van der Waals surface area contributed by atoms with Gasteiger partial charge in [-0.1, -0.05) is 6.07 Å². The number of nitrogens with zero attached hydrogens (tertiary/aromatic N) is 2. The highest BCUT2D eigenvalue weighted by atomic mass is 16.7. The third-order valence-corrected chi connectivity index (χ3v) is 5.13. The number of hydrogen-bond donors (Lipinski definition) is 2. The maximum Gasteiger partial charge on any atom is 0.309 e. The molecular formula is C21H24N4O5. The van der Waals surface area contributed by atoms with Crippen molar-refractivity contribution >= 4 is 11.8 Å². The summed E-state index contributed by atoms with van der Waals surface area (Å²) in [7, 11) is 0. The number of benzene rings is 1. The molecule has 0 radical (unpaired) electrons. The van der Waals surface area contributed by atoms with Gasteiger partial charge in [-0.15, -0.1) is 0 Å². The second kappa shape index (κ2) is 9.55. The van der Waals surface area contributed by atoms with Crippen molar-refractivity contribution in [2.75, 3.05) is 39.6 Å². The number of aromatic nitrogens is 1. The van der Waals surface area contributed by atoms with Crippen LogP contribution in [0.1, 0.15) is 17.2 Å². The zero-order valence-electron chi connectivity index (χ0n) is 16.5. The fraction of sp³-hybridized carbons (Fsp3) is 0.381. The van der Waals surface area contributed by atoms with E-state index in [4.69, 9.17) is 14.2 Å². The van der Waals surface area contributed by atoms with Gasteiger partial charge in [0.2, 0.25) is 6.79 Å². The number of amides is 2. The van der Waals surface area contributed by atoms with Gasteiger partial charge in [0, 0.05) is 38.6 Å². The fourth-order valence-electron chi connectivity index (χ4n) is 3.50. The summed E-state index contributed by atoms with van der Waals surface area (Å²) in [5.41, 5.74) is 1.86. The van der Waals surface area contributed by atoms with Gasteiger partial charge in [0.25, 0.3) is 0 Å². The molecule has 2 aliphatic rings. The topological polar surface area (TPSA) is 102 Å². The Morgan fingerprint density at radius 2 is 1.73 bits per heavy atom. The van der Waals surface area contributed by atoms with Crippen LogP contribution in [0.5, 0.6) is 11.5 Å². The lowest BCUT2D eigenvalue weighted by atomic mass is 10.0. The molecule has 1 aromatic carbocycles. The molecule has 0 saturated carbocycles. The Morgan fingerprint density at radius 3 is 2.53 bits per heavy atom. The van der Waals surface area contributed by atoms with Gasteiger partial charge < -0.3 is 24.8 Å². The van der Waals surface area contributed by atoms with Gasteiger partial charge in [0.15, 0.2) is 11.5 Å². The molecule has 9 heteroatoms. The van der Waals surface area contributed by atoms with Gasteiger partial charge in [0.1, 0.15) is 0 Å². The zero-order valence-corrected chi connectivity index (χ0v) is 16.5. The number of nitrogens with one attached hydrogen (secondary N) is 2. The van der Waals surface area contributed by atoms with Crippen molar-refractivity contribution < 1.29 is 23.8 Å². The van der Waals surface area contributed by atoms with Crippen molar-refractivity contribution in [3.63, 3.8) is 0 Å². The third-order valence-electron chi connectivity index (χ3n) is 5.13. The highest BCUT2D eigenvalue weighted by Crippen LogP contribution is 2.35. The van der Waals surface area contributed by atoms with Crippen molar-refractivity contribution in [2.45, 2.75) is 12.6 Å². The number of pyridine rings is 1. The van der Waals surface area contributed by atoms with E-state index in [1.807, 2.05) is 18.2 Å². The van der Waals surface area contributed by atoms with Crippen LogP contribution in [0.4, 0.5) is 0 Å². The Labute approximate surface area is 174 Å². The van der Waals surface area contributed by atoms with Gasteiger partial charge in [-0.05, 0) is 35.4 Å². The van der Waals surface area contributed by atoms with E-state index in [0.717, 1.165) is 24.2 Å². The molecular weight excluding hydrogens is 388 g/mol. The summed E-state index contributed by atoms with van der Waals surface area (Å²) in [4.78, 5) is 30.7. The molecule has 3 heterocycles. The minimum atomic E-state index is -0.668. The van der Waals surface area contributed by atoms with Gasteiger partial charge in [-0.3, -0.25) is 19.5 Å². The minimum absolute atomic E-state index is 0.111. The van der Waals surface area contributed by atoms with Crippen LogP contribution in [-0.2, 0) is 20.9 Å². The normalized spacial score (nSPS) is 16.7. The Morgan fingerprint density at radius 1 is 1.00 bits per heavy atom. The Hall–Kier alpha value is -3.17. The van der Waals surface area contributed by atoms with Crippen molar-refractivity contribution in [2.24, 2.45) is 0 Å². The van der Waals surface area contributed by atoms with Crippen LogP contribution in [0.25, 0.3) is 0 Å². The first-order valence-electron chi connectivity index (χ1n) is 9.87. The predicted molar refractivity (Wildman–Crippen MR) is 107 cm³/mol. The molecule has 2 aromatic rings. The average molecular weight is 412 g/mol. The van der Waals surface area contributed by atoms with Crippen LogP contribution in [0.2, 0.25) is 0 Å². The molecule has 0 bridgehead atoms. The predicted octanol–water partition coefficient (Wildman–Crippen LogP) is 0.616. The monoisotopic (exact) mass is 412 g/mol. The number of rotatable bonds is 6. The zero-order chi connectivity index (χ0) is 20.8. The molecule has 2 aliphatic heterocycles. The van der Waals surface area contributed by atoms with Crippen molar-refractivity contribution in [3.8, 4) is 11.5 Å². The van der Waals surface area contributed by atoms with Crippen LogP contribution >= 0.6 is 0 Å². The van der Waals surface area contributed by atoms with E-state index in [1.54, 1.807) is 24.5 Å². The smallest absolute Gasteiger partial charge is 0.309 e. The molecule has 1 aromatic heterocycles. The molecule has 1 saturated heterocycles. The van der Waals surface area contributed by atoms with E-state index in [0.29, 0.717) is 31.3 Å². The van der Waals surface area contributed by atoms with E-state index < -0.39 is 11.8 Å². The first kappa shape index (κ1) is 20.1. The number of carbonyl (C=O) groups excluding carboxylic acids is 2. The SMILES string of the molecule is O=C(NCc1ccncc1)C(=O)NC[C@H](c1ccc2c(c1)OCO2)N1CCOCC1. The molecule has 158 valence electrons. The summed E-state index contributed by atoms with van der Waals surface area (Å²) >= 11 is 0. The molecule has 0 aliphatic carbocycles. The van der Waals surface area contributed by atoms with Crippen LogP contribution in [0.3, 0.4) is 0 Å².